The van der Waals surface area contributed by atoms with Gasteiger partial charge in [-0.05, 0) is 40.4 Å². The predicted molar refractivity (Wildman–Crippen MR) is 83.7 cm³/mol. The molecule has 0 spiro atoms. The van der Waals surface area contributed by atoms with Crippen LogP contribution in [0.1, 0.15) is 28.2 Å². The van der Waals surface area contributed by atoms with Crippen LogP contribution in [-0.4, -0.2) is 16.5 Å². The standard InChI is InChI=1S/C16H18BrN3/c1-11-4-2-3-5-12(11)6-7-15-19-14-8-9-18-10-13(14)16(17)20-15/h2-5,18H,6-10H2,1H3. The van der Waals surface area contributed by atoms with E-state index in [1.165, 1.54) is 22.4 Å². The fraction of sp³-hybridized carbons (Fsp3) is 0.375. The summed E-state index contributed by atoms with van der Waals surface area (Å²) in [6.07, 6.45) is 2.88. The molecule has 4 heteroatoms. The molecule has 1 aliphatic heterocycles. The van der Waals surface area contributed by atoms with Gasteiger partial charge in [0.2, 0.25) is 0 Å². The van der Waals surface area contributed by atoms with Gasteiger partial charge in [-0.25, -0.2) is 9.97 Å². The molecule has 1 aliphatic rings. The van der Waals surface area contributed by atoms with Crippen LogP contribution in [0.15, 0.2) is 28.9 Å². The van der Waals surface area contributed by atoms with Gasteiger partial charge in [-0.3, -0.25) is 0 Å². The SMILES string of the molecule is Cc1ccccc1CCc1nc(Br)c2c(n1)CCNC2. The van der Waals surface area contributed by atoms with Crippen LogP contribution in [0.2, 0.25) is 0 Å². The molecule has 0 saturated carbocycles. The number of halogens is 1. The molecule has 0 radical (unpaired) electrons. The normalized spacial score (nSPS) is 14.1. The Balaban J connectivity index is 1.78. The monoisotopic (exact) mass is 331 g/mol. The van der Waals surface area contributed by atoms with E-state index in [0.717, 1.165) is 42.8 Å². The molecule has 0 fully saturated rings. The molecule has 0 aliphatic carbocycles. The van der Waals surface area contributed by atoms with Crippen molar-refractivity contribution >= 4 is 15.9 Å². The quantitative estimate of drug-likeness (QED) is 0.878. The van der Waals surface area contributed by atoms with Gasteiger partial charge in [0.15, 0.2) is 0 Å². The Hall–Kier alpha value is -1.26. The Labute approximate surface area is 128 Å². The van der Waals surface area contributed by atoms with Crippen molar-refractivity contribution in [3.8, 4) is 0 Å². The summed E-state index contributed by atoms with van der Waals surface area (Å²) in [6, 6.07) is 8.52. The van der Waals surface area contributed by atoms with E-state index in [-0.39, 0.29) is 0 Å². The summed E-state index contributed by atoms with van der Waals surface area (Å²) < 4.78 is 0.953. The van der Waals surface area contributed by atoms with Crippen molar-refractivity contribution in [2.24, 2.45) is 0 Å². The summed E-state index contributed by atoms with van der Waals surface area (Å²) in [6.45, 7) is 4.03. The molecule has 1 N–H and O–H groups in total. The largest absolute Gasteiger partial charge is 0.312 e. The maximum Gasteiger partial charge on any atom is 0.130 e. The van der Waals surface area contributed by atoms with Crippen LogP contribution in [0.3, 0.4) is 0 Å². The van der Waals surface area contributed by atoms with Crippen molar-refractivity contribution in [2.75, 3.05) is 6.54 Å². The minimum absolute atomic E-state index is 0.869. The number of aromatic nitrogens is 2. The van der Waals surface area contributed by atoms with E-state index in [9.17, 15) is 0 Å². The highest BCUT2D eigenvalue weighted by atomic mass is 79.9. The van der Waals surface area contributed by atoms with Gasteiger partial charge in [0.25, 0.3) is 0 Å². The maximum absolute atomic E-state index is 4.74. The lowest BCUT2D eigenvalue weighted by atomic mass is 10.0. The van der Waals surface area contributed by atoms with Gasteiger partial charge in [0, 0.05) is 31.5 Å². The second-order valence-corrected chi connectivity index (χ2v) is 5.96. The third-order valence-corrected chi connectivity index (χ3v) is 4.46. The zero-order valence-corrected chi connectivity index (χ0v) is 13.2. The van der Waals surface area contributed by atoms with Crippen molar-refractivity contribution in [1.82, 2.24) is 15.3 Å². The lowest BCUT2D eigenvalue weighted by Crippen LogP contribution is -2.26. The summed E-state index contributed by atoms with van der Waals surface area (Å²) in [5, 5.41) is 3.36. The number of hydrogen-bond acceptors (Lipinski definition) is 3. The van der Waals surface area contributed by atoms with Crippen molar-refractivity contribution in [3.63, 3.8) is 0 Å². The van der Waals surface area contributed by atoms with Gasteiger partial charge in [0.1, 0.15) is 10.4 Å². The van der Waals surface area contributed by atoms with E-state index in [1.54, 1.807) is 0 Å². The fourth-order valence-corrected chi connectivity index (χ4v) is 3.17. The molecule has 0 atom stereocenters. The smallest absolute Gasteiger partial charge is 0.130 e. The second-order valence-electron chi connectivity index (χ2n) is 5.21. The topological polar surface area (TPSA) is 37.8 Å². The molecule has 2 aromatic rings. The fourth-order valence-electron chi connectivity index (χ4n) is 2.60. The van der Waals surface area contributed by atoms with Gasteiger partial charge < -0.3 is 5.32 Å². The van der Waals surface area contributed by atoms with E-state index < -0.39 is 0 Å². The van der Waals surface area contributed by atoms with Crippen molar-refractivity contribution in [3.05, 3.63) is 57.1 Å². The Morgan fingerprint density at radius 1 is 1.20 bits per heavy atom. The van der Waals surface area contributed by atoms with Crippen LogP contribution in [0, 0.1) is 6.92 Å². The highest BCUT2D eigenvalue weighted by Gasteiger charge is 2.15. The summed E-state index contributed by atoms with van der Waals surface area (Å²) in [4.78, 5) is 9.33. The highest BCUT2D eigenvalue weighted by Crippen LogP contribution is 2.21. The van der Waals surface area contributed by atoms with Gasteiger partial charge in [-0.1, -0.05) is 24.3 Å². The molecule has 2 heterocycles. The third kappa shape index (κ3) is 2.91. The lowest BCUT2D eigenvalue weighted by Gasteiger charge is -2.18. The molecule has 0 bridgehead atoms. The molecule has 0 amide bonds. The Morgan fingerprint density at radius 3 is 2.90 bits per heavy atom. The second kappa shape index (κ2) is 6.02. The summed E-state index contributed by atoms with van der Waals surface area (Å²) >= 11 is 3.58. The molecule has 20 heavy (non-hydrogen) atoms. The first-order chi connectivity index (χ1) is 9.74. The van der Waals surface area contributed by atoms with E-state index in [4.69, 9.17) is 4.98 Å². The van der Waals surface area contributed by atoms with Crippen molar-refractivity contribution in [2.45, 2.75) is 32.7 Å². The van der Waals surface area contributed by atoms with E-state index in [0.29, 0.717) is 0 Å². The van der Waals surface area contributed by atoms with Gasteiger partial charge in [-0.15, -0.1) is 0 Å². The molecule has 3 nitrogen and oxygen atoms in total. The number of fused-ring (bicyclic) bond motifs is 1. The van der Waals surface area contributed by atoms with Crippen LogP contribution < -0.4 is 5.32 Å². The zero-order chi connectivity index (χ0) is 13.9. The molecule has 0 unspecified atom stereocenters. The molecular weight excluding hydrogens is 314 g/mol. The van der Waals surface area contributed by atoms with Crippen LogP contribution in [0.25, 0.3) is 0 Å². The van der Waals surface area contributed by atoms with Gasteiger partial charge in [-0.2, -0.15) is 0 Å². The molecule has 3 rings (SSSR count). The summed E-state index contributed by atoms with van der Waals surface area (Å²) in [5.41, 5.74) is 5.14. The van der Waals surface area contributed by atoms with Crippen LogP contribution >= 0.6 is 15.9 Å². The highest BCUT2D eigenvalue weighted by molar-refractivity contribution is 9.10. The van der Waals surface area contributed by atoms with Crippen LogP contribution in [0.4, 0.5) is 0 Å². The van der Waals surface area contributed by atoms with E-state index in [1.807, 2.05) is 0 Å². The first kappa shape index (κ1) is 13.7. The Morgan fingerprint density at radius 2 is 2.05 bits per heavy atom. The number of nitrogens with one attached hydrogen (secondary N) is 1. The van der Waals surface area contributed by atoms with Gasteiger partial charge >= 0.3 is 0 Å². The van der Waals surface area contributed by atoms with Gasteiger partial charge in [0.05, 0.1) is 5.69 Å². The maximum atomic E-state index is 4.74. The minimum atomic E-state index is 0.869. The van der Waals surface area contributed by atoms with E-state index >= 15 is 0 Å². The Kier molecular flexibility index (Phi) is 4.13. The average Bonchev–Trinajstić information content (AvgIpc) is 2.46. The molecule has 104 valence electrons. The van der Waals surface area contributed by atoms with Crippen LogP contribution in [0.5, 0.6) is 0 Å². The first-order valence-corrected chi connectivity index (χ1v) is 7.83. The summed E-state index contributed by atoms with van der Waals surface area (Å²) in [5.74, 6) is 0.945. The van der Waals surface area contributed by atoms with Crippen LogP contribution in [-0.2, 0) is 25.8 Å². The molecule has 0 saturated heterocycles. The van der Waals surface area contributed by atoms with Crippen molar-refractivity contribution in [1.29, 1.82) is 0 Å². The van der Waals surface area contributed by atoms with Crippen molar-refractivity contribution < 1.29 is 0 Å². The molecule has 1 aromatic carbocycles. The number of benzene rings is 1. The zero-order valence-electron chi connectivity index (χ0n) is 11.6. The minimum Gasteiger partial charge on any atom is -0.312 e. The lowest BCUT2D eigenvalue weighted by molar-refractivity contribution is 0.614. The molecule has 1 aromatic heterocycles. The summed E-state index contributed by atoms with van der Waals surface area (Å²) in [7, 11) is 0. The average molecular weight is 332 g/mol. The number of rotatable bonds is 3. The number of nitrogens with zero attached hydrogens (tertiary/aromatic N) is 2. The number of aryl methyl sites for hydroxylation is 3. The Bertz CT molecular complexity index is 625. The van der Waals surface area contributed by atoms with E-state index in [2.05, 4.69) is 57.4 Å². The third-order valence-electron chi connectivity index (χ3n) is 3.81. The number of hydrogen-bond donors (Lipinski definition) is 1. The predicted octanol–water partition coefficient (Wildman–Crippen LogP) is 2.98. The first-order valence-electron chi connectivity index (χ1n) is 7.03. The molecular formula is C16H18BrN3.